The number of phenolic OH excluding ortho intramolecular Hbond substituents is 1. The van der Waals surface area contributed by atoms with Crippen molar-refractivity contribution in [1.82, 2.24) is 5.43 Å². The van der Waals surface area contributed by atoms with E-state index in [0.29, 0.717) is 0 Å². The predicted molar refractivity (Wildman–Crippen MR) is 96.0 cm³/mol. The van der Waals surface area contributed by atoms with E-state index in [1.165, 1.54) is 6.07 Å². The number of rotatable bonds is 5. The van der Waals surface area contributed by atoms with E-state index in [1.807, 2.05) is 12.1 Å². The molecule has 2 aromatic carbocycles. The smallest absolute Gasteiger partial charge is 0.271 e. The van der Waals surface area contributed by atoms with Gasteiger partial charge in [-0.1, -0.05) is 28.1 Å². The van der Waals surface area contributed by atoms with Crippen molar-refractivity contribution in [3.8, 4) is 5.75 Å². The zero-order valence-corrected chi connectivity index (χ0v) is 15.2. The number of phenols is 1. The first-order valence-corrected chi connectivity index (χ1v) is 8.18. The van der Waals surface area contributed by atoms with Crippen LogP contribution in [0.3, 0.4) is 0 Å². The topological polar surface area (TPSA) is 105 Å². The van der Waals surface area contributed by atoms with Gasteiger partial charge in [0, 0.05) is 22.2 Å². The number of nitrogens with zero attached hydrogens (tertiary/aromatic N) is 2. The van der Waals surface area contributed by atoms with E-state index in [2.05, 4.69) is 42.4 Å². The predicted octanol–water partition coefficient (Wildman–Crippen LogP) is 3.52. The second-order valence-electron chi connectivity index (χ2n) is 4.72. The molecule has 0 unspecified atom stereocenters. The Balaban J connectivity index is 2.04. The zero-order chi connectivity index (χ0) is 17.7. The molecule has 9 heteroatoms. The number of nitro groups is 1. The Morgan fingerprint density at radius 3 is 2.58 bits per heavy atom. The maximum Gasteiger partial charge on any atom is 0.271 e. The fourth-order valence-electron chi connectivity index (χ4n) is 1.81. The van der Waals surface area contributed by atoms with Gasteiger partial charge in [0.15, 0.2) is 0 Å². The van der Waals surface area contributed by atoms with Gasteiger partial charge in [-0.05, 0) is 33.6 Å². The molecular weight excluding hydrogens is 446 g/mol. The van der Waals surface area contributed by atoms with Crippen LogP contribution in [0.5, 0.6) is 5.75 Å². The summed E-state index contributed by atoms with van der Waals surface area (Å²) >= 11 is 6.34. The van der Waals surface area contributed by atoms with Crippen LogP contribution in [0.25, 0.3) is 0 Å². The fraction of sp³-hybridized carbons (Fsp3) is 0.0667. The van der Waals surface area contributed by atoms with Crippen molar-refractivity contribution in [2.45, 2.75) is 6.42 Å². The highest BCUT2D eigenvalue weighted by Crippen LogP contribution is 2.31. The molecule has 0 radical (unpaired) electrons. The van der Waals surface area contributed by atoms with Crippen molar-refractivity contribution in [2.24, 2.45) is 5.10 Å². The number of aromatic hydroxyl groups is 1. The number of nitro benzene ring substituents is 1. The Bertz CT molecular complexity index is 807. The number of amides is 1. The maximum absolute atomic E-state index is 11.8. The molecule has 124 valence electrons. The van der Waals surface area contributed by atoms with Crippen molar-refractivity contribution < 1.29 is 14.8 Å². The van der Waals surface area contributed by atoms with Crippen LogP contribution in [0, 0.1) is 10.1 Å². The third-order valence-corrected chi connectivity index (χ3v) is 4.09. The zero-order valence-electron chi connectivity index (χ0n) is 12.1. The number of hydrogen-bond donors (Lipinski definition) is 2. The van der Waals surface area contributed by atoms with Gasteiger partial charge in [-0.2, -0.15) is 5.10 Å². The molecular formula is C15H11Br2N3O4. The van der Waals surface area contributed by atoms with Gasteiger partial charge in [0.2, 0.25) is 5.91 Å². The molecule has 0 heterocycles. The molecule has 2 N–H and O–H groups in total. The maximum atomic E-state index is 11.8. The first kappa shape index (κ1) is 18.1. The van der Waals surface area contributed by atoms with Crippen molar-refractivity contribution >= 4 is 49.7 Å². The molecule has 0 aliphatic carbocycles. The van der Waals surface area contributed by atoms with E-state index in [9.17, 15) is 20.0 Å². The summed E-state index contributed by atoms with van der Waals surface area (Å²) < 4.78 is 1.08. The molecule has 0 bridgehead atoms. The van der Waals surface area contributed by atoms with Crippen LogP contribution in [0.1, 0.15) is 11.1 Å². The van der Waals surface area contributed by atoms with E-state index in [-0.39, 0.29) is 33.8 Å². The summed E-state index contributed by atoms with van der Waals surface area (Å²) in [5, 5.41) is 24.4. The van der Waals surface area contributed by atoms with E-state index < -0.39 is 4.92 Å². The molecule has 0 atom stereocenters. The summed E-state index contributed by atoms with van der Waals surface area (Å²) in [4.78, 5) is 22.0. The van der Waals surface area contributed by atoms with Gasteiger partial charge in [0.05, 0.1) is 22.0 Å². The second kappa shape index (κ2) is 8.02. The lowest BCUT2D eigenvalue weighted by atomic mass is 10.1. The van der Waals surface area contributed by atoms with Gasteiger partial charge < -0.3 is 5.11 Å². The van der Waals surface area contributed by atoms with Crippen LogP contribution in [-0.2, 0) is 11.2 Å². The molecule has 0 aliphatic rings. The molecule has 2 rings (SSSR count). The third-order valence-electron chi connectivity index (χ3n) is 2.96. The summed E-state index contributed by atoms with van der Waals surface area (Å²) in [6, 6.07) is 9.59. The summed E-state index contributed by atoms with van der Waals surface area (Å²) in [6.07, 6.45) is 1.28. The quantitative estimate of drug-likeness (QED) is 0.408. The average Bonchev–Trinajstić information content (AvgIpc) is 2.53. The highest BCUT2D eigenvalue weighted by atomic mass is 79.9. The minimum atomic E-state index is -0.590. The van der Waals surface area contributed by atoms with E-state index in [1.54, 1.807) is 12.1 Å². The molecule has 7 nitrogen and oxygen atoms in total. The van der Waals surface area contributed by atoms with Crippen LogP contribution in [0.15, 0.2) is 50.4 Å². The monoisotopic (exact) mass is 455 g/mol. The SMILES string of the molecule is O=C(Cc1ccc(Br)cc1)N/N=C/c1cc([N+](=O)[O-])cc(Br)c1O. The van der Waals surface area contributed by atoms with Crippen LogP contribution >= 0.6 is 31.9 Å². The van der Waals surface area contributed by atoms with Crippen molar-refractivity contribution in [2.75, 3.05) is 0 Å². The Kier molecular flexibility index (Phi) is 6.04. The number of benzene rings is 2. The van der Waals surface area contributed by atoms with Gasteiger partial charge in [-0.25, -0.2) is 5.43 Å². The highest BCUT2D eigenvalue weighted by molar-refractivity contribution is 9.10. The molecule has 1 amide bonds. The van der Waals surface area contributed by atoms with Gasteiger partial charge in [0.1, 0.15) is 5.75 Å². The lowest BCUT2D eigenvalue weighted by molar-refractivity contribution is -0.385. The average molecular weight is 457 g/mol. The first-order chi connectivity index (χ1) is 11.4. The van der Waals surface area contributed by atoms with E-state index >= 15 is 0 Å². The molecule has 0 fully saturated rings. The largest absolute Gasteiger partial charge is 0.506 e. The molecule has 2 aromatic rings. The number of carbonyl (C=O) groups excluding carboxylic acids is 1. The second-order valence-corrected chi connectivity index (χ2v) is 6.49. The third kappa shape index (κ3) is 4.87. The number of carbonyl (C=O) groups is 1. The van der Waals surface area contributed by atoms with E-state index in [4.69, 9.17) is 0 Å². The Morgan fingerprint density at radius 2 is 1.96 bits per heavy atom. The lowest BCUT2D eigenvalue weighted by Crippen LogP contribution is -2.19. The molecule has 0 saturated carbocycles. The van der Waals surface area contributed by atoms with Crippen molar-refractivity contribution in [3.63, 3.8) is 0 Å². The Labute approximate surface area is 153 Å². The Morgan fingerprint density at radius 1 is 1.29 bits per heavy atom. The van der Waals surface area contributed by atoms with Crippen molar-refractivity contribution in [3.05, 3.63) is 66.6 Å². The van der Waals surface area contributed by atoms with Crippen molar-refractivity contribution in [1.29, 1.82) is 0 Å². The molecule has 0 saturated heterocycles. The van der Waals surface area contributed by atoms with Crippen LogP contribution in [-0.4, -0.2) is 22.2 Å². The highest BCUT2D eigenvalue weighted by Gasteiger charge is 2.13. The van der Waals surface area contributed by atoms with Gasteiger partial charge in [-0.3, -0.25) is 14.9 Å². The van der Waals surface area contributed by atoms with Crippen LogP contribution < -0.4 is 5.43 Å². The standard InChI is InChI=1S/C15H11Br2N3O4/c16-11-3-1-9(2-4-11)5-14(21)19-18-8-10-6-12(20(23)24)7-13(17)15(10)22/h1-4,6-8,22H,5H2,(H,19,21)/b18-8+. The minimum absolute atomic E-state index is 0.111. The number of hydrazone groups is 1. The molecule has 0 aliphatic heterocycles. The summed E-state index contributed by atoms with van der Waals surface area (Å²) in [7, 11) is 0. The summed E-state index contributed by atoms with van der Waals surface area (Å²) in [5.41, 5.74) is 3.03. The molecule has 0 aromatic heterocycles. The fourth-order valence-corrected chi connectivity index (χ4v) is 2.54. The molecule has 24 heavy (non-hydrogen) atoms. The summed E-state index contributed by atoms with van der Waals surface area (Å²) in [6.45, 7) is 0. The normalized spacial score (nSPS) is 10.8. The van der Waals surface area contributed by atoms with Crippen LogP contribution in [0.2, 0.25) is 0 Å². The number of hydrogen-bond acceptors (Lipinski definition) is 5. The first-order valence-electron chi connectivity index (χ1n) is 6.60. The Hall–Kier alpha value is -2.26. The van der Waals surface area contributed by atoms with Gasteiger partial charge >= 0.3 is 0 Å². The molecule has 0 spiro atoms. The van der Waals surface area contributed by atoms with E-state index in [0.717, 1.165) is 22.3 Å². The minimum Gasteiger partial charge on any atom is -0.506 e. The number of non-ortho nitro benzene ring substituents is 1. The summed E-state index contributed by atoms with van der Waals surface area (Å²) in [5.74, 6) is -0.552. The lowest BCUT2D eigenvalue weighted by Gasteiger charge is -2.03. The van der Waals surface area contributed by atoms with Gasteiger partial charge in [-0.15, -0.1) is 0 Å². The van der Waals surface area contributed by atoms with Crippen LogP contribution in [0.4, 0.5) is 5.69 Å². The van der Waals surface area contributed by atoms with Gasteiger partial charge in [0.25, 0.3) is 5.69 Å². The number of nitrogens with one attached hydrogen (secondary N) is 1. The number of halogens is 2.